The summed E-state index contributed by atoms with van der Waals surface area (Å²) in [6.07, 6.45) is 0. The van der Waals surface area contributed by atoms with Gasteiger partial charge in [0.15, 0.2) is 0 Å². The minimum Gasteiger partial charge on any atom is -0.480 e. The topological polar surface area (TPSA) is 65.0 Å². The molecule has 0 aliphatic rings. The van der Waals surface area contributed by atoms with E-state index in [1.54, 1.807) is 0 Å². The predicted molar refractivity (Wildman–Crippen MR) is 56.6 cm³/mol. The first kappa shape index (κ1) is 14.0. The Morgan fingerprint density at radius 1 is 1.36 bits per heavy atom. The maximum absolute atomic E-state index is 10.9. The van der Waals surface area contributed by atoms with Crippen LogP contribution in [0.2, 0.25) is 6.04 Å². The van der Waals surface area contributed by atoms with Crippen molar-refractivity contribution in [2.75, 3.05) is 21.3 Å². The van der Waals surface area contributed by atoms with Crippen molar-refractivity contribution in [2.45, 2.75) is 17.3 Å². The molecule has 0 saturated carbocycles. The molecule has 1 unspecified atom stereocenters. The Balaban J connectivity index is 4.67. The molecule has 5 nitrogen and oxygen atoms in total. The number of alkyl halides is 1. The van der Waals surface area contributed by atoms with Crippen LogP contribution in [0, 0.1) is 0 Å². The van der Waals surface area contributed by atoms with Gasteiger partial charge in [-0.25, -0.2) is 0 Å². The van der Waals surface area contributed by atoms with Crippen LogP contribution in [0.15, 0.2) is 0 Å². The summed E-state index contributed by atoms with van der Waals surface area (Å²) >= 11 is 3.10. The van der Waals surface area contributed by atoms with Crippen LogP contribution >= 0.6 is 15.9 Å². The van der Waals surface area contributed by atoms with E-state index >= 15 is 0 Å². The highest BCUT2D eigenvalue weighted by molar-refractivity contribution is 9.10. The molecular formula is C7H15BrO5Si. The highest BCUT2D eigenvalue weighted by Crippen LogP contribution is 2.30. The van der Waals surface area contributed by atoms with Gasteiger partial charge in [0, 0.05) is 27.4 Å². The molecule has 1 N–H and O–H groups in total. The molecule has 0 aromatic heterocycles. The highest BCUT2D eigenvalue weighted by atomic mass is 79.9. The van der Waals surface area contributed by atoms with E-state index in [2.05, 4.69) is 15.9 Å². The molecule has 0 saturated heterocycles. The normalized spacial score (nSPS) is 16.4. The lowest BCUT2D eigenvalue weighted by atomic mass is 10.2. The lowest BCUT2D eigenvalue weighted by molar-refractivity contribution is -0.139. The van der Waals surface area contributed by atoms with Gasteiger partial charge in [-0.15, -0.1) is 0 Å². The van der Waals surface area contributed by atoms with Crippen molar-refractivity contribution >= 4 is 30.7 Å². The molecule has 0 aliphatic carbocycles. The zero-order chi connectivity index (χ0) is 11.4. The van der Waals surface area contributed by atoms with Crippen LogP contribution in [-0.2, 0) is 18.1 Å². The average molecular weight is 287 g/mol. The molecule has 0 bridgehead atoms. The summed E-state index contributed by atoms with van der Waals surface area (Å²) in [5, 5.41) is 8.90. The third kappa shape index (κ3) is 3.32. The fourth-order valence-corrected chi connectivity index (χ4v) is 3.88. The highest BCUT2D eigenvalue weighted by Gasteiger charge is 2.48. The second-order valence-electron chi connectivity index (χ2n) is 2.97. The first-order chi connectivity index (χ1) is 6.33. The van der Waals surface area contributed by atoms with E-state index in [9.17, 15) is 4.79 Å². The van der Waals surface area contributed by atoms with Gasteiger partial charge < -0.3 is 18.4 Å². The minimum atomic E-state index is -2.84. The lowest BCUT2D eigenvalue weighted by Gasteiger charge is -2.29. The van der Waals surface area contributed by atoms with Crippen molar-refractivity contribution in [3.05, 3.63) is 0 Å². The SMILES string of the molecule is CO[Si](CC(C)(Br)C(=O)O)(OC)OC. The van der Waals surface area contributed by atoms with Gasteiger partial charge in [-0.2, -0.15) is 0 Å². The molecule has 1 atom stereocenters. The summed E-state index contributed by atoms with van der Waals surface area (Å²) in [5.41, 5.74) is 0. The number of carboxylic acid groups (broad SMARTS) is 1. The lowest BCUT2D eigenvalue weighted by Crippen LogP contribution is -2.49. The van der Waals surface area contributed by atoms with E-state index in [1.165, 1.54) is 28.3 Å². The fraction of sp³-hybridized carbons (Fsp3) is 0.857. The average Bonchev–Trinajstić information content (AvgIpc) is 2.14. The maximum atomic E-state index is 10.9. The Labute approximate surface area is 92.8 Å². The van der Waals surface area contributed by atoms with Crippen LogP contribution in [0.5, 0.6) is 0 Å². The third-order valence-electron chi connectivity index (χ3n) is 1.93. The zero-order valence-corrected chi connectivity index (χ0v) is 11.3. The van der Waals surface area contributed by atoms with Crippen molar-refractivity contribution in [2.24, 2.45) is 0 Å². The number of hydrogen-bond donors (Lipinski definition) is 1. The van der Waals surface area contributed by atoms with Gasteiger partial charge in [-0.05, 0) is 6.92 Å². The van der Waals surface area contributed by atoms with E-state index in [-0.39, 0.29) is 6.04 Å². The number of aliphatic carboxylic acids is 1. The van der Waals surface area contributed by atoms with Gasteiger partial charge in [0.05, 0.1) is 0 Å². The molecular weight excluding hydrogens is 272 g/mol. The largest absolute Gasteiger partial charge is 0.502 e. The molecule has 0 fully saturated rings. The van der Waals surface area contributed by atoms with Gasteiger partial charge in [0.25, 0.3) is 0 Å². The van der Waals surface area contributed by atoms with Crippen LogP contribution < -0.4 is 0 Å². The van der Waals surface area contributed by atoms with E-state index in [4.69, 9.17) is 18.4 Å². The molecule has 84 valence electrons. The second kappa shape index (κ2) is 5.22. The minimum absolute atomic E-state index is 0.166. The molecule has 0 heterocycles. The van der Waals surface area contributed by atoms with E-state index < -0.39 is 19.1 Å². The molecule has 0 spiro atoms. The van der Waals surface area contributed by atoms with Gasteiger partial charge in [-0.3, -0.25) is 4.79 Å². The summed E-state index contributed by atoms with van der Waals surface area (Å²) in [7, 11) is 1.50. The van der Waals surface area contributed by atoms with E-state index in [1.807, 2.05) is 0 Å². The molecule has 0 amide bonds. The van der Waals surface area contributed by atoms with Crippen LogP contribution in [-0.4, -0.2) is 45.5 Å². The zero-order valence-electron chi connectivity index (χ0n) is 8.67. The number of halogens is 1. The third-order valence-corrected chi connectivity index (χ3v) is 6.07. The van der Waals surface area contributed by atoms with E-state index in [0.29, 0.717) is 0 Å². The molecule has 0 aliphatic heterocycles. The van der Waals surface area contributed by atoms with Crippen LogP contribution in [0.1, 0.15) is 6.92 Å². The Morgan fingerprint density at radius 3 is 1.93 bits per heavy atom. The van der Waals surface area contributed by atoms with Gasteiger partial charge >= 0.3 is 14.8 Å². The van der Waals surface area contributed by atoms with Crippen molar-refractivity contribution in [1.82, 2.24) is 0 Å². The first-order valence-electron chi connectivity index (χ1n) is 3.91. The van der Waals surface area contributed by atoms with Crippen LogP contribution in [0.25, 0.3) is 0 Å². The maximum Gasteiger partial charge on any atom is 0.502 e. The number of carboxylic acids is 1. The molecule has 0 radical (unpaired) electrons. The van der Waals surface area contributed by atoms with Crippen molar-refractivity contribution in [3.8, 4) is 0 Å². The van der Waals surface area contributed by atoms with Crippen molar-refractivity contribution in [1.29, 1.82) is 0 Å². The molecule has 0 rings (SSSR count). The Morgan fingerprint density at radius 2 is 1.71 bits per heavy atom. The van der Waals surface area contributed by atoms with Crippen molar-refractivity contribution in [3.63, 3.8) is 0 Å². The quantitative estimate of drug-likeness (QED) is 0.585. The van der Waals surface area contributed by atoms with Gasteiger partial charge in [0.1, 0.15) is 4.32 Å². The Hall–Kier alpha value is 0.0469. The Kier molecular flexibility index (Phi) is 5.24. The van der Waals surface area contributed by atoms with E-state index in [0.717, 1.165) is 0 Å². The standard InChI is InChI=1S/C7H15BrO5Si/c1-7(8,6(9)10)5-14(11-2,12-3)13-4/h5H2,1-4H3,(H,9,10). The van der Waals surface area contributed by atoms with Gasteiger partial charge in [0.2, 0.25) is 0 Å². The van der Waals surface area contributed by atoms with Crippen molar-refractivity contribution < 1.29 is 23.2 Å². The summed E-state index contributed by atoms with van der Waals surface area (Å²) in [6.45, 7) is 1.54. The smallest absolute Gasteiger partial charge is 0.480 e. The Bertz CT molecular complexity index is 196. The summed E-state index contributed by atoms with van der Waals surface area (Å²) in [5.74, 6) is -0.972. The monoisotopic (exact) mass is 286 g/mol. The van der Waals surface area contributed by atoms with Crippen LogP contribution in [0.3, 0.4) is 0 Å². The number of hydrogen-bond acceptors (Lipinski definition) is 4. The van der Waals surface area contributed by atoms with Gasteiger partial charge in [-0.1, -0.05) is 15.9 Å². The summed E-state index contributed by atoms with van der Waals surface area (Å²) < 4.78 is 14.3. The van der Waals surface area contributed by atoms with Crippen LogP contribution in [0.4, 0.5) is 0 Å². The summed E-state index contributed by atoms with van der Waals surface area (Å²) in [4.78, 5) is 10.9. The number of carbonyl (C=O) groups is 1. The molecule has 0 aromatic rings. The summed E-state index contributed by atoms with van der Waals surface area (Å²) in [6, 6.07) is 0.166. The fourth-order valence-electron chi connectivity index (χ4n) is 0.949. The molecule has 14 heavy (non-hydrogen) atoms. The molecule has 7 heteroatoms. The molecule has 0 aromatic carbocycles. The second-order valence-corrected chi connectivity index (χ2v) is 7.67. The first-order valence-corrected chi connectivity index (χ1v) is 6.64. The number of rotatable bonds is 6. The predicted octanol–water partition coefficient (Wildman–Crippen LogP) is 1.10.